The first kappa shape index (κ1) is 35.4. The molecule has 0 unspecified atom stereocenters. The van der Waals surface area contributed by atoms with E-state index < -0.39 is 0 Å². The van der Waals surface area contributed by atoms with E-state index in [1.165, 1.54) is 27.8 Å². The van der Waals surface area contributed by atoms with E-state index in [4.69, 9.17) is 14.8 Å². The first-order valence-electron chi connectivity index (χ1n) is 17.5. The molecule has 0 aliphatic carbocycles. The molecule has 7 rings (SSSR count). The number of nitrogens with zero attached hydrogens (tertiary/aromatic N) is 4. The van der Waals surface area contributed by atoms with Crippen LogP contribution in [0, 0.1) is 19.1 Å². The maximum atomic E-state index is 6.59. The third-order valence-corrected chi connectivity index (χ3v) is 9.45. The fourth-order valence-electron chi connectivity index (χ4n) is 6.82. The number of hydrogen-bond donors (Lipinski definition) is 0. The third-order valence-electron chi connectivity index (χ3n) is 9.45. The van der Waals surface area contributed by atoms with Crippen LogP contribution >= 0.6 is 0 Å². The van der Waals surface area contributed by atoms with Crippen LogP contribution in [-0.2, 0) is 27.5 Å². The van der Waals surface area contributed by atoms with E-state index in [2.05, 4.69) is 145 Å². The Balaban J connectivity index is 0.00000432. The topological polar surface area (TPSA) is 44.9 Å². The number of pyridine rings is 1. The van der Waals surface area contributed by atoms with Crippen molar-refractivity contribution in [3.8, 4) is 34.1 Å². The summed E-state index contributed by atoms with van der Waals surface area (Å²) in [7, 11) is 0. The largest absolute Gasteiger partial charge is 2.00 e. The molecule has 0 N–H and O–H groups in total. The predicted octanol–water partition coefficient (Wildman–Crippen LogP) is 11.7. The minimum absolute atomic E-state index is 0. The van der Waals surface area contributed by atoms with E-state index in [-0.39, 0.29) is 27.0 Å². The van der Waals surface area contributed by atoms with Crippen LogP contribution in [0.2, 0.25) is 0 Å². The maximum absolute atomic E-state index is 6.59. The zero-order chi connectivity index (χ0) is 34.4. The molecule has 0 aliphatic heterocycles. The first-order chi connectivity index (χ1) is 23.6. The van der Waals surface area contributed by atoms with E-state index in [1.807, 2.05) is 23.1 Å². The maximum Gasteiger partial charge on any atom is 2.00 e. The molecule has 4 aromatic carbocycles. The summed E-state index contributed by atoms with van der Waals surface area (Å²) >= 11 is 0. The molecular formula is C44H44N4OPt. The molecule has 0 radical (unpaired) electrons. The van der Waals surface area contributed by atoms with Crippen molar-refractivity contribution >= 4 is 21.8 Å². The van der Waals surface area contributed by atoms with Crippen molar-refractivity contribution in [2.45, 2.75) is 79.6 Å². The normalized spacial score (nSPS) is 11.7. The van der Waals surface area contributed by atoms with Crippen molar-refractivity contribution < 1.29 is 25.8 Å². The molecule has 256 valence electrons. The van der Waals surface area contributed by atoms with Crippen LogP contribution in [0.25, 0.3) is 44.4 Å². The number of ether oxygens (including phenoxy) is 1. The zero-order valence-corrected chi connectivity index (χ0v) is 32.4. The molecule has 50 heavy (non-hydrogen) atoms. The second kappa shape index (κ2) is 14.4. The number of hydrogen-bond acceptors (Lipinski definition) is 3. The average molecular weight is 840 g/mol. The number of aryl methyl sites for hydroxylation is 2. The van der Waals surface area contributed by atoms with Crippen molar-refractivity contribution in [3.05, 3.63) is 131 Å². The van der Waals surface area contributed by atoms with Crippen LogP contribution < -0.4 is 4.74 Å². The standard InChI is InChI=1S/C44H44N4O.Pt/c1-9-31-16-17-45-43(20-31)48-41-13-11-10-12-37(41)38-15-14-35(24-42(38)48)49-36-22-32(27(2)3)21-34(23-36)47-26-33(25-46-47)44-39(28(4)5)18-30(8)19-40(44)29(6)7;/h10-22,25-29H,9H2,1-8H3;/q-2;+2. The average Bonchev–Trinajstić information content (AvgIpc) is 3.71. The molecule has 6 heteroatoms. The Labute approximate surface area is 310 Å². The summed E-state index contributed by atoms with van der Waals surface area (Å²) < 4.78 is 10.7. The van der Waals surface area contributed by atoms with Crippen molar-refractivity contribution in [1.82, 2.24) is 19.3 Å². The Morgan fingerprint density at radius 1 is 0.780 bits per heavy atom. The van der Waals surface area contributed by atoms with Gasteiger partial charge in [-0.2, -0.15) is 11.2 Å². The van der Waals surface area contributed by atoms with E-state index in [0.717, 1.165) is 50.9 Å². The van der Waals surface area contributed by atoms with Crippen molar-refractivity contribution in [2.24, 2.45) is 0 Å². The Morgan fingerprint density at radius 2 is 1.52 bits per heavy atom. The second-order valence-electron chi connectivity index (χ2n) is 14.0. The van der Waals surface area contributed by atoms with Gasteiger partial charge in [0.15, 0.2) is 0 Å². The van der Waals surface area contributed by atoms with E-state index >= 15 is 0 Å². The number of fused-ring (bicyclic) bond motifs is 3. The van der Waals surface area contributed by atoms with Crippen molar-refractivity contribution in [3.63, 3.8) is 0 Å². The number of rotatable bonds is 9. The van der Waals surface area contributed by atoms with Gasteiger partial charge in [0.2, 0.25) is 0 Å². The summed E-state index contributed by atoms with van der Waals surface area (Å²) in [5, 5.41) is 7.13. The summed E-state index contributed by atoms with van der Waals surface area (Å²) in [5.41, 5.74) is 11.7. The molecule has 7 aromatic rings. The fourth-order valence-corrected chi connectivity index (χ4v) is 6.82. The van der Waals surface area contributed by atoms with Crippen molar-refractivity contribution in [2.75, 3.05) is 0 Å². The van der Waals surface area contributed by atoms with E-state index in [0.29, 0.717) is 23.3 Å². The first-order valence-corrected chi connectivity index (χ1v) is 17.5. The van der Waals surface area contributed by atoms with Crippen LogP contribution in [0.4, 0.5) is 0 Å². The van der Waals surface area contributed by atoms with Gasteiger partial charge in [0, 0.05) is 35.0 Å². The molecule has 0 bridgehead atoms. The summed E-state index contributed by atoms with van der Waals surface area (Å²) in [4.78, 5) is 4.76. The van der Waals surface area contributed by atoms with Gasteiger partial charge in [-0.15, -0.1) is 41.3 Å². The molecule has 0 fully saturated rings. The Kier molecular flexibility index (Phi) is 10.2. The van der Waals surface area contributed by atoms with Gasteiger partial charge in [0.05, 0.1) is 6.20 Å². The molecule has 0 aliphatic rings. The molecule has 3 heterocycles. The SMILES string of the molecule is CCc1ccnc(-n2c3[c-]c(Oc4[c-]c(-n5cc(-c6c(C(C)C)cc(C)cc6C(C)C)cn5)cc(C(C)C)c4)ccc3c3ccccc32)c1.[Pt+2]. The summed E-state index contributed by atoms with van der Waals surface area (Å²) in [6, 6.07) is 32.8. The van der Waals surface area contributed by atoms with E-state index in [1.54, 1.807) is 0 Å². The van der Waals surface area contributed by atoms with Gasteiger partial charge in [0.1, 0.15) is 5.82 Å². The molecule has 5 nitrogen and oxygen atoms in total. The van der Waals surface area contributed by atoms with Crippen molar-refractivity contribution in [1.29, 1.82) is 0 Å². The Bertz CT molecular complexity index is 2280. The van der Waals surface area contributed by atoms with Gasteiger partial charge in [-0.3, -0.25) is 4.68 Å². The van der Waals surface area contributed by atoms with Crippen LogP contribution in [0.3, 0.4) is 0 Å². The number of benzene rings is 4. The molecular weight excluding hydrogens is 796 g/mol. The number of aromatic nitrogens is 4. The van der Waals surface area contributed by atoms with E-state index in [9.17, 15) is 0 Å². The Morgan fingerprint density at radius 3 is 2.22 bits per heavy atom. The zero-order valence-electron chi connectivity index (χ0n) is 30.1. The Hall–Kier alpha value is -4.47. The minimum Gasteiger partial charge on any atom is -0.509 e. The van der Waals surface area contributed by atoms with Crippen LogP contribution in [0.1, 0.15) is 94.0 Å². The molecule has 0 saturated heterocycles. The third kappa shape index (κ3) is 6.68. The molecule has 3 aromatic heterocycles. The van der Waals surface area contributed by atoms with Gasteiger partial charge in [-0.05, 0) is 82.6 Å². The predicted molar refractivity (Wildman–Crippen MR) is 202 cm³/mol. The smallest absolute Gasteiger partial charge is 0.509 e. The molecule has 0 amide bonds. The monoisotopic (exact) mass is 839 g/mol. The van der Waals surface area contributed by atoms with Crippen LogP contribution in [-0.4, -0.2) is 19.3 Å². The van der Waals surface area contributed by atoms with Gasteiger partial charge >= 0.3 is 21.1 Å². The molecule has 0 spiro atoms. The van der Waals surface area contributed by atoms with Crippen LogP contribution in [0.5, 0.6) is 11.5 Å². The van der Waals surface area contributed by atoms with Gasteiger partial charge < -0.3 is 9.30 Å². The summed E-state index contributed by atoms with van der Waals surface area (Å²) in [6.07, 6.45) is 6.95. The molecule has 0 saturated carbocycles. The summed E-state index contributed by atoms with van der Waals surface area (Å²) in [6.45, 7) is 17.8. The van der Waals surface area contributed by atoms with Gasteiger partial charge in [-0.1, -0.05) is 89.9 Å². The van der Waals surface area contributed by atoms with Crippen LogP contribution in [0.15, 0.2) is 91.4 Å². The quantitative estimate of drug-likeness (QED) is 0.136. The second-order valence-corrected chi connectivity index (χ2v) is 14.0. The molecule has 0 atom stereocenters. The summed E-state index contributed by atoms with van der Waals surface area (Å²) in [5.74, 6) is 3.20. The number of para-hydroxylation sites is 1. The van der Waals surface area contributed by atoms with Gasteiger partial charge in [-0.25, -0.2) is 4.98 Å². The van der Waals surface area contributed by atoms with Gasteiger partial charge in [0.25, 0.3) is 0 Å². The fraction of sp³-hybridized carbons (Fsp3) is 0.273. The minimum atomic E-state index is 0.